The average molecular weight is 387 g/mol. The van der Waals surface area contributed by atoms with Crippen molar-refractivity contribution in [2.75, 3.05) is 11.9 Å². The lowest BCUT2D eigenvalue weighted by Crippen LogP contribution is -2.17. The number of nitrogens with one attached hydrogen (secondary N) is 1. The van der Waals surface area contributed by atoms with Crippen molar-refractivity contribution in [3.63, 3.8) is 0 Å². The molecule has 2 amide bonds. The fourth-order valence-corrected chi connectivity index (χ4v) is 2.14. The highest BCUT2D eigenvalue weighted by molar-refractivity contribution is 6.34. The number of halogens is 4. The summed E-state index contributed by atoms with van der Waals surface area (Å²) < 4.78 is 45.5. The van der Waals surface area contributed by atoms with Gasteiger partial charge in [0.25, 0.3) is 0 Å². The third-order valence-corrected chi connectivity index (χ3v) is 3.26. The minimum Gasteiger partial charge on any atom is -0.477 e. The minimum atomic E-state index is -4.78. The summed E-state index contributed by atoms with van der Waals surface area (Å²) in [5.41, 5.74) is 0.684. The van der Waals surface area contributed by atoms with E-state index in [0.29, 0.717) is 10.6 Å². The third kappa shape index (κ3) is 5.96. The minimum absolute atomic E-state index is 0.0348. The number of hydrogen-bond donors (Lipinski definition) is 1. The predicted octanol–water partition coefficient (Wildman–Crippen LogP) is 5.25. The first kappa shape index (κ1) is 19.6. The summed E-state index contributed by atoms with van der Waals surface area (Å²) in [6, 6.07) is 10.6. The summed E-state index contributed by atoms with van der Waals surface area (Å²) in [4.78, 5) is 15.9. The molecular formula is C17H14ClF3N2O3. The maximum atomic E-state index is 12.1. The first-order chi connectivity index (χ1) is 12.3. The molecule has 0 saturated carbocycles. The Morgan fingerprint density at radius 3 is 2.38 bits per heavy atom. The molecule has 0 saturated heterocycles. The van der Waals surface area contributed by atoms with Gasteiger partial charge in [0.1, 0.15) is 5.75 Å². The lowest BCUT2D eigenvalue weighted by atomic mass is 10.2. The SMILES string of the molecule is CCO/C(=N\C(=O)Nc1ccc(OC(F)(F)F)cc1)c1ccccc1Cl. The molecule has 2 aromatic rings. The maximum Gasteiger partial charge on any atom is 0.573 e. The summed E-state index contributed by atoms with van der Waals surface area (Å²) in [5, 5.41) is 2.79. The van der Waals surface area contributed by atoms with E-state index < -0.39 is 18.1 Å². The van der Waals surface area contributed by atoms with Gasteiger partial charge in [-0.1, -0.05) is 23.7 Å². The van der Waals surface area contributed by atoms with Gasteiger partial charge in [-0.05, 0) is 43.3 Å². The van der Waals surface area contributed by atoms with Crippen molar-refractivity contribution in [2.24, 2.45) is 4.99 Å². The Balaban J connectivity index is 2.12. The molecule has 0 heterocycles. The van der Waals surface area contributed by atoms with E-state index in [1.807, 2.05) is 0 Å². The van der Waals surface area contributed by atoms with Gasteiger partial charge in [-0.2, -0.15) is 4.99 Å². The second-order valence-electron chi connectivity index (χ2n) is 4.83. The van der Waals surface area contributed by atoms with Crippen molar-refractivity contribution in [2.45, 2.75) is 13.3 Å². The van der Waals surface area contributed by atoms with Crippen LogP contribution in [0.5, 0.6) is 5.75 Å². The molecule has 9 heteroatoms. The van der Waals surface area contributed by atoms with Gasteiger partial charge < -0.3 is 14.8 Å². The van der Waals surface area contributed by atoms with Crippen LogP contribution in [0.4, 0.5) is 23.7 Å². The van der Waals surface area contributed by atoms with Gasteiger partial charge in [0.2, 0.25) is 5.90 Å². The van der Waals surface area contributed by atoms with Crippen molar-refractivity contribution in [3.8, 4) is 5.75 Å². The highest BCUT2D eigenvalue weighted by atomic mass is 35.5. The number of aliphatic imine (C=N–C) groups is 1. The van der Waals surface area contributed by atoms with Crippen LogP contribution in [0.2, 0.25) is 5.02 Å². The number of carbonyl (C=O) groups is 1. The number of anilines is 1. The van der Waals surface area contributed by atoms with E-state index in [1.165, 1.54) is 12.1 Å². The van der Waals surface area contributed by atoms with Crippen LogP contribution < -0.4 is 10.1 Å². The number of rotatable bonds is 4. The van der Waals surface area contributed by atoms with E-state index in [4.69, 9.17) is 16.3 Å². The summed E-state index contributed by atoms with van der Waals surface area (Å²) in [6.07, 6.45) is -4.78. The zero-order chi connectivity index (χ0) is 19.2. The fraction of sp³-hybridized carbons (Fsp3) is 0.176. The first-order valence-corrected chi connectivity index (χ1v) is 7.79. The lowest BCUT2D eigenvalue weighted by molar-refractivity contribution is -0.274. The second kappa shape index (κ2) is 8.57. The normalized spacial score (nSPS) is 11.8. The van der Waals surface area contributed by atoms with E-state index in [-0.39, 0.29) is 18.2 Å². The summed E-state index contributed by atoms with van der Waals surface area (Å²) >= 11 is 6.07. The lowest BCUT2D eigenvalue weighted by Gasteiger charge is -2.10. The Labute approximate surface area is 152 Å². The number of urea groups is 1. The number of carbonyl (C=O) groups excluding carboxylic acids is 1. The van der Waals surface area contributed by atoms with E-state index in [2.05, 4.69) is 15.0 Å². The molecular weight excluding hydrogens is 373 g/mol. The Morgan fingerprint density at radius 2 is 1.81 bits per heavy atom. The molecule has 0 unspecified atom stereocenters. The van der Waals surface area contributed by atoms with Gasteiger partial charge in [0.05, 0.1) is 17.2 Å². The van der Waals surface area contributed by atoms with Gasteiger partial charge in [-0.3, -0.25) is 0 Å². The summed E-state index contributed by atoms with van der Waals surface area (Å²) in [5.74, 6) is -0.363. The standard InChI is InChI=1S/C17H14ClF3N2O3/c1-2-25-15(13-5-3-4-6-14(13)18)23-16(24)22-11-7-9-12(10-8-11)26-17(19,20)21/h3-10H,2H2,1H3,(H,22,24)/b23-15-. The second-order valence-corrected chi connectivity index (χ2v) is 5.24. The number of alkyl halides is 3. The molecule has 5 nitrogen and oxygen atoms in total. The number of ether oxygens (including phenoxy) is 2. The molecule has 0 aliphatic carbocycles. The molecule has 26 heavy (non-hydrogen) atoms. The largest absolute Gasteiger partial charge is 0.573 e. The zero-order valence-electron chi connectivity index (χ0n) is 13.5. The zero-order valence-corrected chi connectivity index (χ0v) is 14.3. The molecule has 0 atom stereocenters. The van der Waals surface area contributed by atoms with Crippen molar-refractivity contribution in [1.29, 1.82) is 0 Å². The van der Waals surface area contributed by atoms with E-state index in [9.17, 15) is 18.0 Å². The Morgan fingerprint density at radius 1 is 1.15 bits per heavy atom. The van der Waals surface area contributed by atoms with Crippen LogP contribution in [0.3, 0.4) is 0 Å². The van der Waals surface area contributed by atoms with E-state index in [0.717, 1.165) is 12.1 Å². The van der Waals surface area contributed by atoms with Gasteiger partial charge in [-0.25, -0.2) is 4.79 Å². The molecule has 2 rings (SSSR count). The van der Waals surface area contributed by atoms with Gasteiger partial charge >= 0.3 is 12.4 Å². The summed E-state index contributed by atoms with van der Waals surface area (Å²) in [7, 11) is 0. The van der Waals surface area contributed by atoms with Gasteiger partial charge in [-0.15, -0.1) is 13.2 Å². The Kier molecular flexibility index (Phi) is 6.46. The van der Waals surface area contributed by atoms with Gasteiger partial charge in [0, 0.05) is 5.69 Å². The average Bonchev–Trinajstić information content (AvgIpc) is 2.55. The third-order valence-electron chi connectivity index (χ3n) is 2.93. The van der Waals surface area contributed by atoms with Crippen LogP contribution >= 0.6 is 11.6 Å². The van der Waals surface area contributed by atoms with Crippen LogP contribution in [-0.4, -0.2) is 24.9 Å². The van der Waals surface area contributed by atoms with Crippen molar-refractivity contribution >= 4 is 29.2 Å². The molecule has 0 fully saturated rings. The topological polar surface area (TPSA) is 59.9 Å². The van der Waals surface area contributed by atoms with Crippen LogP contribution in [0.1, 0.15) is 12.5 Å². The van der Waals surface area contributed by atoms with Crippen molar-refractivity contribution in [3.05, 3.63) is 59.1 Å². The van der Waals surface area contributed by atoms with Gasteiger partial charge in [0.15, 0.2) is 0 Å². The number of benzene rings is 2. The maximum absolute atomic E-state index is 12.1. The molecule has 0 radical (unpaired) electrons. The molecule has 0 aliphatic heterocycles. The van der Waals surface area contributed by atoms with Crippen LogP contribution in [0.15, 0.2) is 53.5 Å². The number of nitrogens with zero attached hydrogens (tertiary/aromatic N) is 1. The highest BCUT2D eigenvalue weighted by Crippen LogP contribution is 2.24. The van der Waals surface area contributed by atoms with E-state index >= 15 is 0 Å². The molecule has 1 N–H and O–H groups in total. The quantitative estimate of drug-likeness (QED) is 0.576. The van der Waals surface area contributed by atoms with Crippen LogP contribution in [0.25, 0.3) is 0 Å². The Hall–Kier alpha value is -2.74. The highest BCUT2D eigenvalue weighted by Gasteiger charge is 2.30. The smallest absolute Gasteiger partial charge is 0.477 e. The number of hydrogen-bond acceptors (Lipinski definition) is 3. The fourth-order valence-electron chi connectivity index (χ4n) is 1.93. The van der Waals surface area contributed by atoms with Crippen molar-refractivity contribution < 1.29 is 27.4 Å². The molecule has 2 aromatic carbocycles. The molecule has 0 aromatic heterocycles. The monoisotopic (exact) mass is 386 g/mol. The molecule has 138 valence electrons. The Bertz CT molecular complexity index is 793. The van der Waals surface area contributed by atoms with Crippen molar-refractivity contribution in [1.82, 2.24) is 0 Å². The predicted molar refractivity (Wildman–Crippen MR) is 91.8 cm³/mol. The molecule has 0 spiro atoms. The van der Waals surface area contributed by atoms with Crippen LogP contribution in [0, 0.1) is 0 Å². The van der Waals surface area contributed by atoms with Crippen LogP contribution in [-0.2, 0) is 4.74 Å². The molecule has 0 bridgehead atoms. The first-order valence-electron chi connectivity index (χ1n) is 7.41. The summed E-state index contributed by atoms with van der Waals surface area (Å²) in [6.45, 7) is 1.99. The van der Waals surface area contributed by atoms with E-state index in [1.54, 1.807) is 31.2 Å². The number of amides is 2. The molecule has 0 aliphatic rings.